The third-order valence-electron chi connectivity index (χ3n) is 2.87. The van der Waals surface area contributed by atoms with Crippen molar-refractivity contribution in [3.8, 4) is 0 Å². The molecule has 0 saturated carbocycles. The maximum atomic E-state index is 5.74. The van der Waals surface area contributed by atoms with Gasteiger partial charge in [0.05, 0.1) is 11.5 Å². The first-order valence-corrected chi connectivity index (χ1v) is 6.65. The molecule has 0 spiro atoms. The van der Waals surface area contributed by atoms with Gasteiger partial charge >= 0.3 is 0 Å². The van der Waals surface area contributed by atoms with E-state index < -0.39 is 0 Å². The van der Waals surface area contributed by atoms with E-state index in [0.29, 0.717) is 6.61 Å². The lowest BCUT2D eigenvalue weighted by Crippen LogP contribution is -2.17. The van der Waals surface area contributed by atoms with E-state index in [2.05, 4.69) is 46.7 Å². The number of hydrogen-bond donors (Lipinski definition) is 0. The Morgan fingerprint density at radius 2 is 2.29 bits per heavy atom. The number of hydrogen-bond acceptors (Lipinski definition) is 3. The topological polar surface area (TPSA) is 34.5 Å². The van der Waals surface area contributed by atoms with Crippen LogP contribution >= 0.6 is 15.9 Å². The van der Waals surface area contributed by atoms with Crippen LogP contribution in [-0.2, 0) is 4.74 Å². The Bertz CT molecular complexity index is 443. The van der Waals surface area contributed by atoms with Crippen molar-refractivity contribution in [2.24, 2.45) is 4.99 Å². The summed E-state index contributed by atoms with van der Waals surface area (Å²) in [6.45, 7) is 7.00. The van der Waals surface area contributed by atoms with Crippen molar-refractivity contribution in [2.75, 3.05) is 6.61 Å². The molecule has 1 unspecified atom stereocenters. The molecule has 0 aliphatic carbocycles. The van der Waals surface area contributed by atoms with Gasteiger partial charge in [0.25, 0.3) is 0 Å². The van der Waals surface area contributed by atoms with Crippen LogP contribution in [0, 0.1) is 0 Å². The third-order valence-corrected chi connectivity index (χ3v) is 3.53. The average Bonchev–Trinajstić information content (AvgIpc) is 2.63. The van der Waals surface area contributed by atoms with Gasteiger partial charge in [-0.1, -0.05) is 6.92 Å². The van der Waals surface area contributed by atoms with Gasteiger partial charge in [0.2, 0.25) is 0 Å². The first kappa shape index (κ1) is 12.6. The number of nitrogens with zero attached hydrogens (tertiary/aromatic N) is 2. The van der Waals surface area contributed by atoms with E-state index in [1.165, 1.54) is 5.56 Å². The number of halogens is 1. The van der Waals surface area contributed by atoms with E-state index in [-0.39, 0.29) is 11.5 Å². The first-order valence-electron chi connectivity index (χ1n) is 5.85. The molecule has 92 valence electrons. The number of pyridine rings is 1. The minimum absolute atomic E-state index is 0.0950. The molecule has 4 heteroatoms. The van der Waals surface area contributed by atoms with E-state index in [9.17, 15) is 0 Å². The zero-order valence-electron chi connectivity index (χ0n) is 10.4. The molecule has 0 bridgehead atoms. The highest BCUT2D eigenvalue weighted by Crippen LogP contribution is 2.32. The molecule has 2 rings (SSSR count). The summed E-state index contributed by atoms with van der Waals surface area (Å²) in [5.74, 6) is 1.07. The van der Waals surface area contributed by atoms with Crippen LogP contribution < -0.4 is 0 Å². The van der Waals surface area contributed by atoms with Crippen molar-refractivity contribution in [1.29, 1.82) is 0 Å². The van der Waals surface area contributed by atoms with Crippen LogP contribution in [0.15, 0.2) is 27.9 Å². The predicted octanol–water partition coefficient (Wildman–Crippen LogP) is 3.55. The molecule has 0 radical (unpaired) electrons. The second-order valence-corrected chi connectivity index (χ2v) is 5.76. The number of aromatic nitrogens is 1. The Morgan fingerprint density at radius 3 is 2.82 bits per heavy atom. The molecule has 1 aromatic heterocycles. The van der Waals surface area contributed by atoms with Gasteiger partial charge in [-0.2, -0.15) is 0 Å². The zero-order chi connectivity index (χ0) is 12.5. The smallest absolute Gasteiger partial charge is 0.191 e. The van der Waals surface area contributed by atoms with Crippen molar-refractivity contribution < 1.29 is 4.74 Å². The Labute approximate surface area is 110 Å². The second-order valence-electron chi connectivity index (χ2n) is 4.91. The normalized spacial score (nSPS) is 19.6. The molecular weight excluding hydrogens is 280 g/mol. The number of rotatable bonds is 3. The number of ether oxygens (including phenoxy) is 1. The molecule has 3 nitrogen and oxygen atoms in total. The van der Waals surface area contributed by atoms with Crippen LogP contribution in [0.5, 0.6) is 0 Å². The molecule has 0 N–H and O–H groups in total. The maximum Gasteiger partial charge on any atom is 0.191 e. The van der Waals surface area contributed by atoms with Gasteiger partial charge in [-0.3, -0.25) is 4.98 Å². The SMILES string of the molecule is CCC(C1=NC(C)(C)CO1)c1ccncc1Br. The molecule has 1 aliphatic heterocycles. The standard InChI is InChI=1S/C13H17BrN2O/c1-4-9(10-5-6-15-7-11(10)14)12-16-13(2,3)8-17-12/h5-7,9H,4,8H2,1-3H3. The van der Waals surface area contributed by atoms with Crippen molar-refractivity contribution in [2.45, 2.75) is 38.6 Å². The number of aliphatic imine (C=N–C) groups is 1. The van der Waals surface area contributed by atoms with Gasteiger partial charge in [-0.25, -0.2) is 4.99 Å². The highest BCUT2D eigenvalue weighted by Gasteiger charge is 2.31. The second kappa shape index (κ2) is 4.77. The molecule has 2 heterocycles. The van der Waals surface area contributed by atoms with Crippen LogP contribution in [-0.4, -0.2) is 23.0 Å². The lowest BCUT2D eigenvalue weighted by Gasteiger charge is -2.15. The Kier molecular flexibility index (Phi) is 3.52. The summed E-state index contributed by atoms with van der Waals surface area (Å²) in [4.78, 5) is 8.75. The summed E-state index contributed by atoms with van der Waals surface area (Å²) in [6.07, 6.45) is 4.60. The minimum atomic E-state index is -0.0950. The minimum Gasteiger partial charge on any atom is -0.478 e. The lowest BCUT2D eigenvalue weighted by molar-refractivity contribution is 0.270. The molecule has 0 aromatic carbocycles. The van der Waals surface area contributed by atoms with Crippen LogP contribution in [0.1, 0.15) is 38.7 Å². The monoisotopic (exact) mass is 296 g/mol. The maximum absolute atomic E-state index is 5.74. The third kappa shape index (κ3) is 2.68. The van der Waals surface area contributed by atoms with E-state index >= 15 is 0 Å². The summed E-state index contributed by atoms with van der Waals surface area (Å²) in [6, 6.07) is 2.02. The predicted molar refractivity (Wildman–Crippen MR) is 72.4 cm³/mol. The van der Waals surface area contributed by atoms with Crippen molar-refractivity contribution in [3.05, 3.63) is 28.5 Å². The van der Waals surface area contributed by atoms with Crippen LogP contribution in [0.4, 0.5) is 0 Å². The average molecular weight is 297 g/mol. The van der Waals surface area contributed by atoms with Crippen molar-refractivity contribution in [3.63, 3.8) is 0 Å². The van der Waals surface area contributed by atoms with E-state index in [0.717, 1.165) is 16.8 Å². The summed E-state index contributed by atoms with van der Waals surface area (Å²) < 4.78 is 6.76. The van der Waals surface area contributed by atoms with E-state index in [1.54, 1.807) is 0 Å². The fourth-order valence-corrected chi connectivity index (χ4v) is 2.51. The first-order chi connectivity index (χ1) is 8.03. The molecule has 17 heavy (non-hydrogen) atoms. The highest BCUT2D eigenvalue weighted by atomic mass is 79.9. The molecule has 0 fully saturated rings. The van der Waals surface area contributed by atoms with Gasteiger partial charge < -0.3 is 4.74 Å². The van der Waals surface area contributed by atoms with Gasteiger partial charge in [0.15, 0.2) is 5.90 Å². The van der Waals surface area contributed by atoms with Gasteiger partial charge in [-0.15, -0.1) is 0 Å². The molecule has 1 aliphatic rings. The lowest BCUT2D eigenvalue weighted by atomic mass is 9.97. The molecular formula is C13H17BrN2O. The van der Waals surface area contributed by atoms with Gasteiger partial charge in [0, 0.05) is 16.9 Å². The van der Waals surface area contributed by atoms with Crippen LogP contribution in [0.25, 0.3) is 0 Å². The summed E-state index contributed by atoms with van der Waals surface area (Å²) >= 11 is 3.54. The van der Waals surface area contributed by atoms with Crippen LogP contribution in [0.3, 0.4) is 0 Å². The summed E-state index contributed by atoms with van der Waals surface area (Å²) in [5.41, 5.74) is 1.10. The summed E-state index contributed by atoms with van der Waals surface area (Å²) in [7, 11) is 0. The fourth-order valence-electron chi connectivity index (χ4n) is 1.99. The molecule has 1 aromatic rings. The van der Waals surface area contributed by atoms with Gasteiger partial charge in [-0.05, 0) is 47.8 Å². The zero-order valence-corrected chi connectivity index (χ0v) is 12.0. The Morgan fingerprint density at radius 1 is 1.53 bits per heavy atom. The molecule has 1 atom stereocenters. The van der Waals surface area contributed by atoms with E-state index in [1.807, 2.05) is 18.5 Å². The molecule has 0 saturated heterocycles. The van der Waals surface area contributed by atoms with Gasteiger partial charge in [0.1, 0.15) is 6.61 Å². The van der Waals surface area contributed by atoms with E-state index in [4.69, 9.17) is 4.74 Å². The summed E-state index contributed by atoms with van der Waals surface area (Å²) in [5, 5.41) is 0. The Balaban J connectivity index is 2.33. The van der Waals surface area contributed by atoms with Crippen LogP contribution in [0.2, 0.25) is 0 Å². The largest absolute Gasteiger partial charge is 0.478 e. The van der Waals surface area contributed by atoms with Crippen molar-refractivity contribution >= 4 is 21.8 Å². The quantitative estimate of drug-likeness (QED) is 0.855. The Hall–Kier alpha value is -0.900. The highest BCUT2D eigenvalue weighted by molar-refractivity contribution is 9.10. The van der Waals surface area contributed by atoms with Crippen molar-refractivity contribution in [1.82, 2.24) is 4.98 Å². The fraction of sp³-hybridized carbons (Fsp3) is 0.538. The molecule has 0 amide bonds.